The van der Waals surface area contributed by atoms with Crippen molar-refractivity contribution in [3.63, 3.8) is 0 Å². The summed E-state index contributed by atoms with van der Waals surface area (Å²) >= 11 is 0. The van der Waals surface area contributed by atoms with Gasteiger partial charge in [0.15, 0.2) is 0 Å². The first-order valence-corrected chi connectivity index (χ1v) is 4.60. The van der Waals surface area contributed by atoms with Gasteiger partial charge in [0, 0.05) is 17.6 Å². The first kappa shape index (κ1) is 13.5. The Morgan fingerprint density at radius 1 is 1.43 bits per heavy atom. The molecule has 0 aliphatic heterocycles. The fraction of sp³-hybridized carbons (Fsp3) is 0.889. The van der Waals surface area contributed by atoms with Crippen LogP contribution in [0.15, 0.2) is 0 Å². The van der Waals surface area contributed by atoms with Crippen LogP contribution < -0.4 is 5.73 Å². The molecular weight excluding hydrogens is 204 g/mol. The lowest BCUT2D eigenvalue weighted by Crippen LogP contribution is -2.58. The van der Waals surface area contributed by atoms with Crippen LogP contribution in [0.3, 0.4) is 0 Å². The summed E-state index contributed by atoms with van der Waals surface area (Å²) in [6, 6.07) is 0.307. The molecule has 5 heteroatoms. The van der Waals surface area contributed by atoms with Crippen LogP contribution in [0, 0.1) is 0 Å². The van der Waals surface area contributed by atoms with E-state index in [4.69, 9.17) is 10.8 Å². The molecule has 14 heavy (non-hydrogen) atoms. The van der Waals surface area contributed by atoms with Crippen LogP contribution in [-0.4, -0.2) is 33.7 Å². The summed E-state index contributed by atoms with van der Waals surface area (Å²) < 4.78 is 0. The Morgan fingerprint density at radius 3 is 2.07 bits per heavy atom. The van der Waals surface area contributed by atoms with Gasteiger partial charge in [-0.3, -0.25) is 0 Å². The van der Waals surface area contributed by atoms with Crippen molar-refractivity contribution in [1.29, 1.82) is 0 Å². The lowest BCUT2D eigenvalue weighted by Gasteiger charge is -2.46. The maximum Gasteiger partial charge on any atom is 0.407 e. The van der Waals surface area contributed by atoms with Crippen molar-refractivity contribution < 1.29 is 9.90 Å². The molecule has 0 saturated heterocycles. The third-order valence-corrected chi connectivity index (χ3v) is 2.44. The summed E-state index contributed by atoms with van der Waals surface area (Å²) in [5.74, 6) is 0. The molecule has 0 aromatic rings. The maximum absolute atomic E-state index is 11.0. The Kier molecular flexibility index (Phi) is 4.21. The summed E-state index contributed by atoms with van der Waals surface area (Å²) in [5, 5.41) is 9.02. The Bertz CT molecular complexity index is 209. The van der Waals surface area contributed by atoms with Crippen LogP contribution in [0.5, 0.6) is 0 Å². The fourth-order valence-electron chi connectivity index (χ4n) is 1.83. The van der Waals surface area contributed by atoms with E-state index in [9.17, 15) is 4.79 Å². The Balaban J connectivity index is 0.00000169. The van der Waals surface area contributed by atoms with Gasteiger partial charge in [0.25, 0.3) is 0 Å². The van der Waals surface area contributed by atoms with E-state index in [1.165, 1.54) is 4.90 Å². The van der Waals surface area contributed by atoms with Crippen LogP contribution in [0.1, 0.15) is 33.6 Å². The molecule has 0 bridgehead atoms. The third-order valence-electron chi connectivity index (χ3n) is 2.44. The number of amides is 1. The van der Waals surface area contributed by atoms with Gasteiger partial charge in [-0.1, -0.05) is 0 Å². The van der Waals surface area contributed by atoms with Crippen LogP contribution in [0.2, 0.25) is 0 Å². The molecule has 0 spiro atoms. The molecule has 0 unspecified atom stereocenters. The summed E-state index contributed by atoms with van der Waals surface area (Å²) in [6.07, 6.45) is 0.747. The van der Waals surface area contributed by atoms with E-state index in [1.54, 1.807) is 0 Å². The highest BCUT2D eigenvalue weighted by Crippen LogP contribution is 2.29. The highest BCUT2D eigenvalue weighted by Gasteiger charge is 2.39. The van der Waals surface area contributed by atoms with E-state index in [1.807, 2.05) is 20.8 Å². The molecule has 0 aromatic carbocycles. The molecule has 1 aliphatic carbocycles. The van der Waals surface area contributed by atoms with Crippen LogP contribution in [0.25, 0.3) is 0 Å². The molecule has 0 radical (unpaired) electrons. The predicted octanol–water partition coefficient (Wildman–Crippen LogP) is 1.68. The molecule has 4 nitrogen and oxygen atoms in total. The second-order valence-electron chi connectivity index (χ2n) is 4.71. The standard InChI is InChI=1S/C9H18N2O2.ClH/c1-9(2,3)11(8(12)13)7-4-6(10)5-7;/h6-7H,4-5,10H2,1-3H3,(H,12,13);1H. The van der Waals surface area contributed by atoms with Gasteiger partial charge in [0.05, 0.1) is 0 Å². The van der Waals surface area contributed by atoms with Crippen LogP contribution >= 0.6 is 12.4 Å². The zero-order valence-electron chi connectivity index (χ0n) is 8.86. The lowest BCUT2D eigenvalue weighted by molar-refractivity contribution is 0.0351. The first-order chi connectivity index (χ1) is 5.82. The van der Waals surface area contributed by atoms with Crippen molar-refractivity contribution in [1.82, 2.24) is 4.90 Å². The molecule has 0 heterocycles. The van der Waals surface area contributed by atoms with Gasteiger partial charge >= 0.3 is 6.09 Å². The van der Waals surface area contributed by atoms with Crippen molar-refractivity contribution in [2.75, 3.05) is 0 Å². The molecule has 0 atom stereocenters. The monoisotopic (exact) mass is 222 g/mol. The van der Waals surface area contributed by atoms with Crippen LogP contribution in [-0.2, 0) is 0 Å². The minimum atomic E-state index is -0.843. The van der Waals surface area contributed by atoms with Gasteiger partial charge < -0.3 is 15.7 Å². The zero-order valence-corrected chi connectivity index (χ0v) is 9.67. The summed E-state index contributed by atoms with van der Waals surface area (Å²) in [4.78, 5) is 12.5. The largest absolute Gasteiger partial charge is 0.465 e. The minimum Gasteiger partial charge on any atom is -0.465 e. The molecule has 1 rings (SSSR count). The van der Waals surface area contributed by atoms with Crippen molar-refractivity contribution in [2.24, 2.45) is 5.73 Å². The van der Waals surface area contributed by atoms with Gasteiger partial charge in [0.1, 0.15) is 0 Å². The zero-order chi connectivity index (χ0) is 10.2. The predicted molar refractivity (Wildman–Crippen MR) is 57.9 cm³/mol. The van der Waals surface area contributed by atoms with Crippen molar-refractivity contribution in [3.8, 4) is 0 Å². The van der Waals surface area contributed by atoms with Gasteiger partial charge in [-0.2, -0.15) is 0 Å². The molecule has 84 valence electrons. The average molecular weight is 223 g/mol. The molecule has 1 aliphatic rings. The SMILES string of the molecule is CC(C)(C)N(C(=O)O)C1CC(N)C1.Cl. The topological polar surface area (TPSA) is 66.6 Å². The molecular formula is C9H19ClN2O2. The quantitative estimate of drug-likeness (QED) is 0.710. The smallest absolute Gasteiger partial charge is 0.407 e. The average Bonchev–Trinajstić information content (AvgIpc) is 1.79. The number of halogens is 1. The Hall–Kier alpha value is -0.480. The van der Waals surface area contributed by atoms with Crippen molar-refractivity contribution >= 4 is 18.5 Å². The number of rotatable bonds is 1. The Labute approximate surface area is 90.9 Å². The van der Waals surface area contributed by atoms with Gasteiger partial charge in [-0.05, 0) is 33.6 Å². The van der Waals surface area contributed by atoms with Crippen LogP contribution in [0.4, 0.5) is 4.79 Å². The Morgan fingerprint density at radius 2 is 1.86 bits per heavy atom. The molecule has 1 fully saturated rings. The second-order valence-corrected chi connectivity index (χ2v) is 4.71. The molecule has 3 N–H and O–H groups in total. The van der Waals surface area contributed by atoms with E-state index in [-0.39, 0.29) is 30.0 Å². The first-order valence-electron chi connectivity index (χ1n) is 4.60. The van der Waals surface area contributed by atoms with Crippen molar-refractivity contribution in [3.05, 3.63) is 0 Å². The van der Waals surface area contributed by atoms with E-state index < -0.39 is 6.09 Å². The summed E-state index contributed by atoms with van der Waals surface area (Å²) in [7, 11) is 0. The number of hydrogen-bond acceptors (Lipinski definition) is 2. The number of hydrogen-bond donors (Lipinski definition) is 2. The van der Waals surface area contributed by atoms with Gasteiger partial charge in [0.2, 0.25) is 0 Å². The van der Waals surface area contributed by atoms with E-state index in [0.29, 0.717) is 0 Å². The normalized spacial score (nSPS) is 26.0. The molecule has 1 amide bonds. The van der Waals surface area contributed by atoms with Gasteiger partial charge in [-0.15, -0.1) is 12.4 Å². The third kappa shape index (κ3) is 2.75. The van der Waals surface area contributed by atoms with Crippen molar-refractivity contribution in [2.45, 2.75) is 51.2 Å². The lowest BCUT2D eigenvalue weighted by atomic mass is 9.84. The highest BCUT2D eigenvalue weighted by molar-refractivity contribution is 5.85. The number of nitrogens with zero attached hydrogens (tertiary/aromatic N) is 1. The highest BCUT2D eigenvalue weighted by atomic mass is 35.5. The second kappa shape index (κ2) is 4.36. The number of nitrogens with two attached hydrogens (primary N) is 1. The number of carboxylic acid groups (broad SMARTS) is 1. The molecule has 1 saturated carbocycles. The maximum atomic E-state index is 11.0. The minimum absolute atomic E-state index is 0. The fourth-order valence-corrected chi connectivity index (χ4v) is 1.83. The van der Waals surface area contributed by atoms with E-state index >= 15 is 0 Å². The van der Waals surface area contributed by atoms with E-state index in [2.05, 4.69) is 0 Å². The molecule has 0 aromatic heterocycles. The number of carbonyl (C=O) groups is 1. The van der Waals surface area contributed by atoms with E-state index in [0.717, 1.165) is 12.8 Å². The summed E-state index contributed by atoms with van der Waals surface area (Å²) in [6.45, 7) is 5.72. The summed E-state index contributed by atoms with van der Waals surface area (Å²) in [5.41, 5.74) is 5.31. The van der Waals surface area contributed by atoms with Gasteiger partial charge in [-0.25, -0.2) is 4.79 Å².